The summed E-state index contributed by atoms with van der Waals surface area (Å²) in [5, 5.41) is 21.2. The molecule has 31 heavy (non-hydrogen) atoms. The van der Waals surface area contributed by atoms with Gasteiger partial charge in [-0.1, -0.05) is 19.9 Å². The summed E-state index contributed by atoms with van der Waals surface area (Å²) in [6, 6.07) is 8.65. The van der Waals surface area contributed by atoms with Crippen LogP contribution in [0.1, 0.15) is 35.9 Å². The third kappa shape index (κ3) is 6.45. The van der Waals surface area contributed by atoms with Gasteiger partial charge >= 0.3 is 12.1 Å². The van der Waals surface area contributed by atoms with Gasteiger partial charge in [-0.2, -0.15) is 18.3 Å². The standard InChI is InChI=1S/C18H24N4O2.C2HF3O2/c1-3-20(4-2)11-16-13-21(12-15-8-9-19-22(15)16)18(24)14-6-5-7-17(23)10-14;3-2(4,5)1(6)7/h5-10,16,23H,3-4,11-13H2,1-2H3;(H,6,7). The predicted molar refractivity (Wildman–Crippen MR) is 106 cm³/mol. The summed E-state index contributed by atoms with van der Waals surface area (Å²) in [5.41, 5.74) is 1.57. The van der Waals surface area contributed by atoms with Gasteiger partial charge in [-0.25, -0.2) is 4.79 Å². The van der Waals surface area contributed by atoms with Crippen molar-refractivity contribution in [2.45, 2.75) is 32.6 Å². The number of likely N-dealkylation sites (N-methyl/N-ethyl adjacent to an activating group) is 1. The second-order valence-electron chi connectivity index (χ2n) is 6.95. The van der Waals surface area contributed by atoms with E-state index >= 15 is 0 Å². The topological polar surface area (TPSA) is 98.9 Å². The van der Waals surface area contributed by atoms with Crippen LogP contribution >= 0.6 is 0 Å². The van der Waals surface area contributed by atoms with E-state index in [4.69, 9.17) is 9.90 Å². The van der Waals surface area contributed by atoms with E-state index in [1.165, 1.54) is 6.07 Å². The minimum Gasteiger partial charge on any atom is -0.508 e. The highest BCUT2D eigenvalue weighted by atomic mass is 19.4. The van der Waals surface area contributed by atoms with Gasteiger partial charge in [0.25, 0.3) is 5.91 Å². The molecule has 1 aromatic carbocycles. The molecule has 2 N–H and O–H groups in total. The van der Waals surface area contributed by atoms with Crippen molar-refractivity contribution < 1.29 is 33.0 Å². The van der Waals surface area contributed by atoms with Gasteiger partial charge in [0.1, 0.15) is 5.75 Å². The second kappa shape index (κ2) is 10.3. The largest absolute Gasteiger partial charge is 0.508 e. The molecule has 1 unspecified atom stereocenters. The number of aromatic hydroxyl groups is 1. The number of aromatic nitrogens is 2. The lowest BCUT2D eigenvalue weighted by Gasteiger charge is -2.36. The van der Waals surface area contributed by atoms with Crippen LogP contribution in [0.25, 0.3) is 0 Å². The molecular formula is C20H25F3N4O4. The summed E-state index contributed by atoms with van der Waals surface area (Å²) in [6.07, 6.45) is -3.28. The number of nitrogens with zero attached hydrogens (tertiary/aromatic N) is 4. The van der Waals surface area contributed by atoms with Crippen molar-refractivity contribution in [3.63, 3.8) is 0 Å². The number of amides is 1. The fourth-order valence-electron chi connectivity index (χ4n) is 3.28. The highest BCUT2D eigenvalue weighted by molar-refractivity contribution is 5.94. The Morgan fingerprint density at radius 2 is 1.87 bits per heavy atom. The number of carboxylic acids is 1. The van der Waals surface area contributed by atoms with E-state index in [2.05, 4.69) is 23.8 Å². The molecule has 0 bridgehead atoms. The number of aliphatic carboxylic acids is 1. The normalized spacial score (nSPS) is 15.8. The number of phenolic OH excluding ortho intramolecular Hbond substituents is 1. The zero-order valence-corrected chi connectivity index (χ0v) is 17.2. The Kier molecular flexibility index (Phi) is 8.03. The van der Waals surface area contributed by atoms with Crippen molar-refractivity contribution in [1.82, 2.24) is 19.6 Å². The summed E-state index contributed by atoms with van der Waals surface area (Å²) >= 11 is 0. The Morgan fingerprint density at radius 3 is 2.42 bits per heavy atom. The molecule has 8 nitrogen and oxygen atoms in total. The summed E-state index contributed by atoms with van der Waals surface area (Å²) in [5.74, 6) is -2.70. The molecule has 0 radical (unpaired) electrons. The van der Waals surface area contributed by atoms with Crippen LogP contribution < -0.4 is 0 Å². The maximum absolute atomic E-state index is 12.8. The van der Waals surface area contributed by atoms with E-state index in [0.717, 1.165) is 25.3 Å². The number of alkyl halides is 3. The molecule has 0 saturated carbocycles. The van der Waals surface area contributed by atoms with Crippen LogP contribution in [0.3, 0.4) is 0 Å². The highest BCUT2D eigenvalue weighted by Crippen LogP contribution is 2.24. The predicted octanol–water partition coefficient (Wildman–Crippen LogP) is 2.76. The number of hydrogen-bond donors (Lipinski definition) is 2. The first-order chi connectivity index (χ1) is 14.6. The first kappa shape index (κ1) is 24.2. The van der Waals surface area contributed by atoms with E-state index in [-0.39, 0.29) is 17.7 Å². The number of hydrogen-bond acceptors (Lipinski definition) is 5. The molecule has 2 heterocycles. The summed E-state index contributed by atoms with van der Waals surface area (Å²) < 4.78 is 33.8. The monoisotopic (exact) mass is 442 g/mol. The summed E-state index contributed by atoms with van der Waals surface area (Å²) in [7, 11) is 0. The third-order valence-corrected chi connectivity index (χ3v) is 4.87. The van der Waals surface area contributed by atoms with Crippen molar-refractivity contribution in [1.29, 1.82) is 0 Å². The van der Waals surface area contributed by atoms with Crippen molar-refractivity contribution in [2.24, 2.45) is 0 Å². The van der Waals surface area contributed by atoms with Crippen LogP contribution in [0.2, 0.25) is 0 Å². The second-order valence-corrected chi connectivity index (χ2v) is 6.95. The molecule has 0 aliphatic carbocycles. The van der Waals surface area contributed by atoms with Gasteiger partial charge in [0.2, 0.25) is 0 Å². The fraction of sp³-hybridized carbons (Fsp3) is 0.450. The van der Waals surface area contributed by atoms with Crippen LogP contribution in [-0.4, -0.2) is 74.0 Å². The number of rotatable bonds is 5. The molecule has 1 atom stereocenters. The van der Waals surface area contributed by atoms with Gasteiger partial charge in [0.15, 0.2) is 0 Å². The lowest BCUT2D eigenvalue weighted by atomic mass is 10.1. The minimum atomic E-state index is -5.08. The van der Waals surface area contributed by atoms with Gasteiger partial charge in [-0.15, -0.1) is 0 Å². The number of halogens is 3. The number of carbonyl (C=O) groups is 2. The molecule has 0 fully saturated rings. The zero-order chi connectivity index (χ0) is 23.2. The van der Waals surface area contributed by atoms with Gasteiger partial charge in [-0.05, 0) is 37.4 Å². The molecule has 1 aliphatic heterocycles. The van der Waals surface area contributed by atoms with Gasteiger partial charge in [0.05, 0.1) is 18.3 Å². The smallest absolute Gasteiger partial charge is 0.490 e. The average Bonchev–Trinajstić information content (AvgIpc) is 3.20. The van der Waals surface area contributed by atoms with Crippen LogP contribution in [0.15, 0.2) is 36.5 Å². The number of carboxylic acid groups (broad SMARTS) is 1. The number of phenols is 1. The quantitative estimate of drug-likeness (QED) is 0.739. The maximum atomic E-state index is 12.8. The van der Waals surface area contributed by atoms with E-state index in [9.17, 15) is 23.1 Å². The van der Waals surface area contributed by atoms with Crippen molar-refractivity contribution in [2.75, 3.05) is 26.2 Å². The average molecular weight is 442 g/mol. The Labute approximate surface area is 177 Å². The summed E-state index contributed by atoms with van der Waals surface area (Å²) in [6.45, 7) is 8.28. The Morgan fingerprint density at radius 1 is 1.23 bits per heavy atom. The van der Waals surface area contributed by atoms with Crippen molar-refractivity contribution >= 4 is 11.9 Å². The van der Waals surface area contributed by atoms with E-state index in [1.54, 1.807) is 24.4 Å². The minimum absolute atomic E-state index is 0.0529. The first-order valence-corrected chi connectivity index (χ1v) is 9.69. The SMILES string of the molecule is CCN(CC)CC1CN(C(=O)c2cccc(O)c2)Cc2ccnn21.O=C(O)C(F)(F)F. The van der Waals surface area contributed by atoms with Crippen LogP contribution in [0, 0.1) is 0 Å². The lowest BCUT2D eigenvalue weighted by molar-refractivity contribution is -0.192. The van der Waals surface area contributed by atoms with Gasteiger partial charge < -0.3 is 20.0 Å². The summed E-state index contributed by atoms with van der Waals surface area (Å²) in [4.78, 5) is 25.9. The first-order valence-electron chi connectivity index (χ1n) is 9.69. The number of fused-ring (bicyclic) bond motifs is 1. The molecule has 1 aliphatic rings. The molecule has 1 aromatic heterocycles. The highest BCUT2D eigenvalue weighted by Gasteiger charge is 2.38. The lowest BCUT2D eigenvalue weighted by Crippen LogP contribution is -2.45. The molecule has 11 heteroatoms. The number of carbonyl (C=O) groups excluding carboxylic acids is 1. The van der Waals surface area contributed by atoms with Crippen molar-refractivity contribution in [3.8, 4) is 5.75 Å². The Balaban J connectivity index is 0.000000423. The molecule has 0 saturated heterocycles. The Bertz CT molecular complexity index is 897. The maximum Gasteiger partial charge on any atom is 0.490 e. The van der Waals surface area contributed by atoms with Crippen molar-refractivity contribution in [3.05, 3.63) is 47.8 Å². The van der Waals surface area contributed by atoms with Gasteiger partial charge in [0, 0.05) is 24.8 Å². The molecular weight excluding hydrogens is 417 g/mol. The van der Waals surface area contributed by atoms with E-state index in [1.807, 2.05) is 15.6 Å². The molecule has 2 aromatic rings. The van der Waals surface area contributed by atoms with Gasteiger partial charge in [-0.3, -0.25) is 9.48 Å². The van der Waals surface area contributed by atoms with Crippen LogP contribution in [-0.2, 0) is 11.3 Å². The molecule has 3 rings (SSSR count). The Hall–Kier alpha value is -3.08. The molecule has 170 valence electrons. The third-order valence-electron chi connectivity index (χ3n) is 4.87. The number of benzene rings is 1. The molecule has 0 spiro atoms. The molecule has 1 amide bonds. The van der Waals surface area contributed by atoms with Crippen LogP contribution in [0.5, 0.6) is 5.75 Å². The van der Waals surface area contributed by atoms with E-state index < -0.39 is 12.1 Å². The zero-order valence-electron chi connectivity index (χ0n) is 17.2. The van der Waals surface area contributed by atoms with Crippen LogP contribution in [0.4, 0.5) is 13.2 Å². The van der Waals surface area contributed by atoms with E-state index in [0.29, 0.717) is 18.7 Å². The fourth-order valence-corrected chi connectivity index (χ4v) is 3.28.